The van der Waals surface area contributed by atoms with Crippen LogP contribution in [-0.2, 0) is 11.2 Å². The summed E-state index contributed by atoms with van der Waals surface area (Å²) in [6.07, 6.45) is 4.73. The molecule has 5 nitrogen and oxygen atoms in total. The van der Waals surface area contributed by atoms with Crippen molar-refractivity contribution in [3.8, 4) is 0 Å². The monoisotopic (exact) mass is 480 g/mol. The molecule has 2 aromatic rings. The van der Waals surface area contributed by atoms with Crippen LogP contribution in [0.15, 0.2) is 47.7 Å². The number of hydrogen-bond donors (Lipinski definition) is 1. The molecule has 6 heteroatoms. The van der Waals surface area contributed by atoms with Crippen LogP contribution in [0.25, 0.3) is 0 Å². The number of nitrogens with zero attached hydrogens (tertiary/aromatic N) is 3. The van der Waals surface area contributed by atoms with Crippen molar-refractivity contribution in [3.63, 3.8) is 0 Å². The third kappa shape index (κ3) is 5.90. The van der Waals surface area contributed by atoms with Crippen LogP contribution in [-0.4, -0.2) is 49.1 Å². The quantitative estimate of drug-likeness (QED) is 0.414. The summed E-state index contributed by atoms with van der Waals surface area (Å²) in [6.45, 7) is 7.50. The number of benzene rings is 1. The summed E-state index contributed by atoms with van der Waals surface area (Å²) in [4.78, 5) is 10.9. The normalized spacial score (nSPS) is 17.4. The lowest BCUT2D eigenvalue weighted by Gasteiger charge is -2.35. The molecule has 0 radical (unpaired) electrons. The Balaban J connectivity index is 0.00000261. The van der Waals surface area contributed by atoms with E-state index >= 15 is 0 Å². The van der Waals surface area contributed by atoms with Crippen LogP contribution < -0.4 is 5.32 Å². The van der Waals surface area contributed by atoms with Crippen LogP contribution in [0.2, 0.25) is 0 Å². The number of morpholine rings is 1. The van der Waals surface area contributed by atoms with E-state index in [-0.39, 0.29) is 30.1 Å². The summed E-state index contributed by atoms with van der Waals surface area (Å²) >= 11 is 0. The van der Waals surface area contributed by atoms with Gasteiger partial charge in [-0.3, -0.25) is 9.98 Å². The van der Waals surface area contributed by atoms with Crippen molar-refractivity contribution in [2.75, 3.05) is 33.3 Å². The zero-order chi connectivity index (χ0) is 18.4. The first-order chi connectivity index (χ1) is 12.7. The highest BCUT2D eigenvalue weighted by Gasteiger charge is 2.25. The van der Waals surface area contributed by atoms with Gasteiger partial charge in [-0.1, -0.05) is 29.8 Å². The van der Waals surface area contributed by atoms with Gasteiger partial charge in [0.2, 0.25) is 0 Å². The maximum atomic E-state index is 6.05. The maximum absolute atomic E-state index is 6.05. The van der Waals surface area contributed by atoms with Crippen molar-refractivity contribution in [2.45, 2.75) is 26.4 Å². The molecule has 0 bridgehead atoms. The Kier molecular flexibility index (Phi) is 8.50. The van der Waals surface area contributed by atoms with Crippen molar-refractivity contribution in [2.24, 2.45) is 4.99 Å². The van der Waals surface area contributed by atoms with Crippen molar-refractivity contribution in [1.29, 1.82) is 0 Å². The highest BCUT2D eigenvalue weighted by Crippen LogP contribution is 2.25. The van der Waals surface area contributed by atoms with Crippen molar-refractivity contribution >= 4 is 29.9 Å². The van der Waals surface area contributed by atoms with Gasteiger partial charge in [-0.05, 0) is 43.0 Å². The van der Waals surface area contributed by atoms with Gasteiger partial charge in [-0.2, -0.15) is 0 Å². The zero-order valence-electron chi connectivity index (χ0n) is 16.3. The second-order valence-corrected chi connectivity index (χ2v) is 6.75. The number of hydrogen-bond acceptors (Lipinski definition) is 3. The summed E-state index contributed by atoms with van der Waals surface area (Å²) in [5, 5.41) is 3.48. The van der Waals surface area contributed by atoms with Gasteiger partial charge in [0, 0.05) is 32.5 Å². The molecule has 3 rings (SSSR count). The zero-order valence-corrected chi connectivity index (χ0v) is 18.6. The van der Waals surface area contributed by atoms with Crippen LogP contribution in [0, 0.1) is 13.8 Å². The summed E-state index contributed by atoms with van der Waals surface area (Å²) in [6, 6.07) is 10.6. The van der Waals surface area contributed by atoms with Crippen LogP contribution in [0.5, 0.6) is 0 Å². The van der Waals surface area contributed by atoms with E-state index < -0.39 is 0 Å². The molecule has 1 unspecified atom stereocenters. The molecule has 1 saturated heterocycles. The van der Waals surface area contributed by atoms with E-state index in [1.807, 2.05) is 19.3 Å². The second kappa shape index (κ2) is 10.6. The molecule has 1 aromatic heterocycles. The molecule has 0 saturated carbocycles. The van der Waals surface area contributed by atoms with Gasteiger partial charge in [-0.15, -0.1) is 24.0 Å². The van der Waals surface area contributed by atoms with Gasteiger partial charge < -0.3 is 15.0 Å². The minimum atomic E-state index is 0. The summed E-state index contributed by atoms with van der Waals surface area (Å²) in [5.74, 6) is 0.937. The third-order valence-corrected chi connectivity index (χ3v) is 4.77. The molecular weight excluding hydrogens is 451 g/mol. The number of guanidine groups is 1. The minimum Gasteiger partial charge on any atom is -0.370 e. The maximum Gasteiger partial charge on any atom is 0.193 e. The van der Waals surface area contributed by atoms with Gasteiger partial charge in [0.1, 0.15) is 6.10 Å². The molecular formula is C21H29IN4O. The van der Waals surface area contributed by atoms with Crippen LogP contribution in [0.4, 0.5) is 0 Å². The predicted molar refractivity (Wildman–Crippen MR) is 121 cm³/mol. The molecule has 0 aliphatic carbocycles. The fourth-order valence-corrected chi connectivity index (χ4v) is 3.41. The van der Waals surface area contributed by atoms with Crippen molar-refractivity contribution in [1.82, 2.24) is 15.2 Å². The number of rotatable bonds is 4. The number of aliphatic imine (C=N–C) groups is 1. The fourth-order valence-electron chi connectivity index (χ4n) is 3.41. The standard InChI is InChI=1S/C21H28N4O.HI/c1-16-6-7-19(17(2)13-16)20-15-25(11-12-26-20)21(22-3)24-10-8-18-5-4-9-23-14-18;/h4-7,9,13-14,20H,8,10-12,15H2,1-3H3,(H,22,24);1H. The fraction of sp³-hybridized carbons (Fsp3) is 0.429. The van der Waals surface area contributed by atoms with Gasteiger partial charge in [0.15, 0.2) is 5.96 Å². The number of ether oxygens (including phenoxy) is 1. The average molecular weight is 480 g/mol. The van der Waals surface area contributed by atoms with E-state index in [0.717, 1.165) is 32.0 Å². The van der Waals surface area contributed by atoms with E-state index in [2.05, 4.69) is 58.3 Å². The van der Waals surface area contributed by atoms with Crippen LogP contribution in [0.1, 0.15) is 28.4 Å². The SMILES string of the molecule is CN=C(NCCc1cccnc1)N1CCOC(c2ccc(C)cc2C)C1.I. The Morgan fingerprint density at radius 1 is 1.33 bits per heavy atom. The molecule has 0 amide bonds. The van der Waals surface area contributed by atoms with Gasteiger partial charge >= 0.3 is 0 Å². The van der Waals surface area contributed by atoms with E-state index in [4.69, 9.17) is 4.74 Å². The lowest BCUT2D eigenvalue weighted by Crippen LogP contribution is -2.48. The van der Waals surface area contributed by atoms with Crippen molar-refractivity contribution in [3.05, 3.63) is 65.0 Å². The Labute approximate surface area is 179 Å². The number of pyridine rings is 1. The van der Waals surface area contributed by atoms with Gasteiger partial charge in [-0.25, -0.2) is 0 Å². The lowest BCUT2D eigenvalue weighted by molar-refractivity contribution is -0.00830. The van der Waals surface area contributed by atoms with Crippen LogP contribution in [0.3, 0.4) is 0 Å². The van der Waals surface area contributed by atoms with E-state index in [0.29, 0.717) is 6.61 Å². The van der Waals surface area contributed by atoms with Gasteiger partial charge in [0.05, 0.1) is 13.2 Å². The Bertz CT molecular complexity index is 751. The number of nitrogens with one attached hydrogen (secondary N) is 1. The summed E-state index contributed by atoms with van der Waals surface area (Å²) < 4.78 is 6.05. The molecule has 0 spiro atoms. The third-order valence-electron chi connectivity index (χ3n) is 4.77. The minimum absolute atomic E-state index is 0. The topological polar surface area (TPSA) is 49.8 Å². The van der Waals surface area contributed by atoms with E-state index in [1.165, 1.54) is 22.3 Å². The highest BCUT2D eigenvalue weighted by atomic mass is 127. The number of aromatic nitrogens is 1. The van der Waals surface area contributed by atoms with Gasteiger partial charge in [0.25, 0.3) is 0 Å². The first-order valence-electron chi connectivity index (χ1n) is 9.20. The van der Waals surface area contributed by atoms with E-state index in [9.17, 15) is 0 Å². The van der Waals surface area contributed by atoms with Crippen molar-refractivity contribution < 1.29 is 4.74 Å². The first kappa shape index (κ1) is 21.6. The predicted octanol–water partition coefficient (Wildman–Crippen LogP) is 3.51. The Morgan fingerprint density at radius 3 is 2.89 bits per heavy atom. The Morgan fingerprint density at radius 2 is 2.19 bits per heavy atom. The molecule has 2 heterocycles. The number of halogens is 1. The van der Waals surface area contributed by atoms with E-state index in [1.54, 1.807) is 6.20 Å². The molecule has 1 aliphatic heterocycles. The van der Waals surface area contributed by atoms with Crippen LogP contribution >= 0.6 is 24.0 Å². The highest BCUT2D eigenvalue weighted by molar-refractivity contribution is 14.0. The molecule has 1 fully saturated rings. The second-order valence-electron chi connectivity index (χ2n) is 6.75. The molecule has 1 aromatic carbocycles. The lowest BCUT2D eigenvalue weighted by atomic mass is 10.00. The average Bonchev–Trinajstić information content (AvgIpc) is 2.66. The first-order valence-corrected chi connectivity index (χ1v) is 9.20. The molecule has 1 atom stereocenters. The molecule has 27 heavy (non-hydrogen) atoms. The molecule has 1 N–H and O–H groups in total. The molecule has 1 aliphatic rings. The Hall–Kier alpha value is -1.67. The summed E-state index contributed by atoms with van der Waals surface area (Å²) in [5.41, 5.74) is 5.07. The largest absolute Gasteiger partial charge is 0.370 e. The smallest absolute Gasteiger partial charge is 0.193 e. The molecule has 146 valence electrons. The number of aryl methyl sites for hydroxylation is 2. The summed E-state index contributed by atoms with van der Waals surface area (Å²) in [7, 11) is 1.84.